The molecule has 0 radical (unpaired) electrons. The molecular formula is C28H23FN6. The number of halogens is 1. The zero-order chi connectivity index (χ0) is 23.8. The summed E-state index contributed by atoms with van der Waals surface area (Å²) in [6.07, 6.45) is 5.54. The number of pyridine rings is 2. The van der Waals surface area contributed by atoms with Crippen molar-refractivity contribution in [2.45, 2.75) is 13.5 Å². The predicted molar refractivity (Wildman–Crippen MR) is 137 cm³/mol. The molecule has 0 aliphatic carbocycles. The van der Waals surface area contributed by atoms with E-state index in [1.54, 1.807) is 18.3 Å². The number of hydrogen-bond acceptors (Lipinski definition) is 4. The first-order valence-electron chi connectivity index (χ1n) is 11.6. The van der Waals surface area contributed by atoms with E-state index in [4.69, 9.17) is 0 Å². The minimum absolute atomic E-state index is 0.267. The van der Waals surface area contributed by atoms with Gasteiger partial charge in [0.15, 0.2) is 0 Å². The molecule has 3 N–H and O–H groups in total. The molecule has 0 aliphatic heterocycles. The van der Waals surface area contributed by atoms with Crippen molar-refractivity contribution in [3.8, 4) is 33.8 Å². The van der Waals surface area contributed by atoms with E-state index >= 15 is 0 Å². The van der Waals surface area contributed by atoms with Crippen LogP contribution in [0.25, 0.3) is 55.6 Å². The van der Waals surface area contributed by atoms with Crippen LogP contribution in [0.1, 0.15) is 12.5 Å². The van der Waals surface area contributed by atoms with Crippen molar-refractivity contribution in [2.24, 2.45) is 0 Å². The first-order valence-corrected chi connectivity index (χ1v) is 11.6. The second kappa shape index (κ2) is 8.77. The fourth-order valence-electron chi connectivity index (χ4n) is 4.43. The molecule has 6 rings (SSSR count). The third kappa shape index (κ3) is 3.96. The van der Waals surface area contributed by atoms with Crippen LogP contribution < -0.4 is 5.32 Å². The molecule has 0 fully saturated rings. The average Bonchev–Trinajstić information content (AvgIpc) is 3.51. The van der Waals surface area contributed by atoms with Gasteiger partial charge >= 0.3 is 0 Å². The summed E-state index contributed by atoms with van der Waals surface area (Å²) in [5, 5.41) is 13.1. The van der Waals surface area contributed by atoms with Gasteiger partial charge in [0, 0.05) is 52.6 Å². The van der Waals surface area contributed by atoms with Gasteiger partial charge < -0.3 is 10.3 Å². The third-order valence-electron chi connectivity index (χ3n) is 6.19. The first-order chi connectivity index (χ1) is 17.2. The third-order valence-corrected chi connectivity index (χ3v) is 6.19. The Balaban J connectivity index is 1.43. The topological polar surface area (TPSA) is 82.3 Å². The second-order valence-electron chi connectivity index (χ2n) is 8.51. The summed E-state index contributed by atoms with van der Waals surface area (Å²) >= 11 is 0. The Hall–Kier alpha value is -4.36. The summed E-state index contributed by atoms with van der Waals surface area (Å²) in [5.41, 5.74) is 8.57. The standard InChI is InChI=1S/C28H23FN6/c1-2-30-14-17-11-20(16-31-15-17)19-5-8-25-22(12-19)28(35-34-25)26-13-23-24(33-26)9-10-32-27(23)18-3-6-21(29)7-4-18/h3-13,15-16,30,33H,2,14H2,1H3,(H,34,35). The Morgan fingerprint density at radius 3 is 2.51 bits per heavy atom. The molecule has 172 valence electrons. The Bertz CT molecular complexity index is 1650. The first kappa shape index (κ1) is 21.2. The van der Waals surface area contributed by atoms with Gasteiger partial charge in [-0.3, -0.25) is 15.1 Å². The lowest BCUT2D eigenvalue weighted by atomic mass is 10.0. The van der Waals surface area contributed by atoms with E-state index in [1.165, 1.54) is 12.1 Å². The van der Waals surface area contributed by atoms with Gasteiger partial charge in [-0.2, -0.15) is 5.10 Å². The van der Waals surface area contributed by atoms with E-state index in [0.29, 0.717) is 0 Å². The Labute approximate surface area is 201 Å². The molecule has 4 heterocycles. The molecule has 35 heavy (non-hydrogen) atoms. The molecule has 0 amide bonds. The summed E-state index contributed by atoms with van der Waals surface area (Å²) in [4.78, 5) is 12.5. The largest absolute Gasteiger partial charge is 0.353 e. The molecule has 6 aromatic rings. The zero-order valence-electron chi connectivity index (χ0n) is 19.1. The van der Waals surface area contributed by atoms with E-state index in [-0.39, 0.29) is 5.82 Å². The number of hydrogen-bond donors (Lipinski definition) is 3. The van der Waals surface area contributed by atoms with Crippen molar-refractivity contribution < 1.29 is 4.39 Å². The number of fused-ring (bicyclic) bond motifs is 2. The fraction of sp³-hybridized carbons (Fsp3) is 0.107. The van der Waals surface area contributed by atoms with Crippen LogP contribution in [0, 0.1) is 5.82 Å². The number of benzene rings is 2. The highest BCUT2D eigenvalue weighted by Crippen LogP contribution is 2.34. The van der Waals surface area contributed by atoms with Crippen molar-refractivity contribution in [3.05, 3.63) is 90.6 Å². The van der Waals surface area contributed by atoms with Crippen LogP contribution >= 0.6 is 0 Å². The van der Waals surface area contributed by atoms with E-state index < -0.39 is 0 Å². The predicted octanol–water partition coefficient (Wildman–Crippen LogP) is 6.08. The molecule has 0 saturated heterocycles. The molecule has 0 unspecified atom stereocenters. The second-order valence-corrected chi connectivity index (χ2v) is 8.51. The van der Waals surface area contributed by atoms with Crippen molar-refractivity contribution in [1.29, 1.82) is 0 Å². The molecule has 4 aromatic heterocycles. The van der Waals surface area contributed by atoms with Gasteiger partial charge in [-0.1, -0.05) is 13.0 Å². The number of nitrogens with one attached hydrogen (secondary N) is 3. The monoisotopic (exact) mass is 462 g/mol. The maximum absolute atomic E-state index is 13.4. The van der Waals surface area contributed by atoms with Crippen molar-refractivity contribution >= 4 is 21.8 Å². The van der Waals surface area contributed by atoms with E-state index in [2.05, 4.69) is 61.7 Å². The van der Waals surface area contributed by atoms with Crippen LogP contribution in [0.5, 0.6) is 0 Å². The Morgan fingerprint density at radius 1 is 0.829 bits per heavy atom. The lowest BCUT2D eigenvalue weighted by Crippen LogP contribution is -2.11. The molecule has 2 aromatic carbocycles. The summed E-state index contributed by atoms with van der Waals surface area (Å²) in [5.74, 6) is -0.267. The minimum atomic E-state index is -0.267. The van der Waals surface area contributed by atoms with Gasteiger partial charge in [0.25, 0.3) is 0 Å². The lowest BCUT2D eigenvalue weighted by Gasteiger charge is -2.06. The van der Waals surface area contributed by atoms with Gasteiger partial charge in [-0.15, -0.1) is 0 Å². The molecule has 0 atom stereocenters. The van der Waals surface area contributed by atoms with Crippen LogP contribution in [0.15, 0.2) is 79.3 Å². The zero-order valence-corrected chi connectivity index (χ0v) is 19.1. The van der Waals surface area contributed by atoms with Crippen molar-refractivity contribution in [3.63, 3.8) is 0 Å². The SMILES string of the molecule is CCNCc1cncc(-c2ccc3[nH]nc(-c4cc5c(-c6ccc(F)cc6)nccc5[nH]4)c3c2)c1. The van der Waals surface area contributed by atoms with Crippen LogP contribution in [0.4, 0.5) is 4.39 Å². The number of rotatable bonds is 6. The maximum atomic E-state index is 13.4. The minimum Gasteiger partial charge on any atom is -0.353 e. The van der Waals surface area contributed by atoms with E-state index in [0.717, 1.165) is 74.2 Å². The van der Waals surface area contributed by atoms with Crippen molar-refractivity contribution in [2.75, 3.05) is 6.54 Å². The highest BCUT2D eigenvalue weighted by Gasteiger charge is 2.15. The summed E-state index contributed by atoms with van der Waals surface area (Å²) in [6, 6.07) is 18.8. The van der Waals surface area contributed by atoms with Crippen LogP contribution in [0.3, 0.4) is 0 Å². The van der Waals surface area contributed by atoms with Gasteiger partial charge in [0.2, 0.25) is 0 Å². The fourth-order valence-corrected chi connectivity index (χ4v) is 4.43. The molecule has 6 nitrogen and oxygen atoms in total. The normalized spacial score (nSPS) is 11.5. The van der Waals surface area contributed by atoms with Gasteiger partial charge in [0.05, 0.1) is 16.9 Å². The summed E-state index contributed by atoms with van der Waals surface area (Å²) < 4.78 is 13.4. The number of aromatic amines is 2. The molecule has 0 aliphatic rings. The Kier molecular flexibility index (Phi) is 5.31. The smallest absolute Gasteiger partial charge is 0.123 e. The highest BCUT2D eigenvalue weighted by molar-refractivity contribution is 6.00. The molecule has 0 spiro atoms. The van der Waals surface area contributed by atoms with E-state index in [9.17, 15) is 4.39 Å². The molecule has 7 heteroatoms. The molecule has 0 bridgehead atoms. The van der Waals surface area contributed by atoms with Gasteiger partial charge in [-0.05, 0) is 72.3 Å². The highest BCUT2D eigenvalue weighted by atomic mass is 19.1. The van der Waals surface area contributed by atoms with Gasteiger partial charge in [-0.25, -0.2) is 4.39 Å². The summed E-state index contributed by atoms with van der Waals surface area (Å²) in [7, 11) is 0. The lowest BCUT2D eigenvalue weighted by molar-refractivity contribution is 0.628. The Morgan fingerprint density at radius 2 is 1.66 bits per heavy atom. The summed E-state index contributed by atoms with van der Waals surface area (Å²) in [6.45, 7) is 3.79. The molecule has 0 saturated carbocycles. The van der Waals surface area contributed by atoms with Crippen molar-refractivity contribution in [1.82, 2.24) is 30.5 Å². The average molecular weight is 463 g/mol. The van der Waals surface area contributed by atoms with Crippen LogP contribution in [0.2, 0.25) is 0 Å². The van der Waals surface area contributed by atoms with Crippen LogP contribution in [-0.2, 0) is 6.54 Å². The number of nitrogens with zero attached hydrogens (tertiary/aromatic N) is 3. The number of aromatic nitrogens is 5. The molecular weight excluding hydrogens is 439 g/mol. The quantitative estimate of drug-likeness (QED) is 0.280. The van der Waals surface area contributed by atoms with Gasteiger partial charge in [0.1, 0.15) is 11.5 Å². The van der Waals surface area contributed by atoms with Crippen LogP contribution in [-0.4, -0.2) is 31.7 Å². The maximum Gasteiger partial charge on any atom is 0.123 e. The van der Waals surface area contributed by atoms with E-state index in [1.807, 2.05) is 24.5 Å². The number of H-pyrrole nitrogens is 2.